The molecule has 0 saturated heterocycles. The number of rotatable bonds is 4. The largest absolute Gasteiger partial charge is 0.324 e. The summed E-state index contributed by atoms with van der Waals surface area (Å²) in [7, 11) is 0. The molecule has 1 heteroatoms. The summed E-state index contributed by atoms with van der Waals surface area (Å²) in [4.78, 5) is 0. The Bertz CT molecular complexity index is 278. The zero-order valence-electron chi connectivity index (χ0n) is 8.16. The molecule has 1 rings (SSSR count). The molecule has 0 aromatic heterocycles. The van der Waals surface area contributed by atoms with Gasteiger partial charge in [-0.2, -0.15) is 0 Å². The van der Waals surface area contributed by atoms with Crippen LogP contribution in [0.1, 0.15) is 30.5 Å². The molecule has 0 bridgehead atoms. The number of aryl methyl sites for hydroxylation is 1. The number of hydrogen-bond donors (Lipinski definition) is 1. The van der Waals surface area contributed by atoms with Gasteiger partial charge >= 0.3 is 0 Å². The molecular formula is C12H17N. The van der Waals surface area contributed by atoms with Gasteiger partial charge in [-0.15, -0.1) is 6.58 Å². The van der Waals surface area contributed by atoms with Crippen molar-refractivity contribution >= 4 is 0 Å². The lowest BCUT2D eigenvalue weighted by Gasteiger charge is -2.13. The molecule has 0 unspecified atom stereocenters. The Balaban J connectivity index is 2.91. The minimum Gasteiger partial charge on any atom is -0.324 e. The molecule has 0 aliphatic carbocycles. The van der Waals surface area contributed by atoms with Gasteiger partial charge in [0.2, 0.25) is 0 Å². The summed E-state index contributed by atoms with van der Waals surface area (Å²) in [5, 5.41) is 0. The second-order valence-electron chi connectivity index (χ2n) is 3.18. The van der Waals surface area contributed by atoms with E-state index >= 15 is 0 Å². The Morgan fingerprint density at radius 1 is 1.46 bits per heavy atom. The molecule has 1 nitrogen and oxygen atoms in total. The molecule has 2 N–H and O–H groups in total. The SMILES string of the molecule is C=CC[C@H](N)c1ccccc1CC. The number of nitrogens with two attached hydrogens (primary N) is 1. The molecule has 0 saturated carbocycles. The lowest BCUT2D eigenvalue weighted by Crippen LogP contribution is -2.11. The van der Waals surface area contributed by atoms with E-state index in [-0.39, 0.29) is 6.04 Å². The van der Waals surface area contributed by atoms with Crippen molar-refractivity contribution in [3.8, 4) is 0 Å². The van der Waals surface area contributed by atoms with Crippen molar-refractivity contribution < 1.29 is 0 Å². The Morgan fingerprint density at radius 3 is 2.77 bits per heavy atom. The highest BCUT2D eigenvalue weighted by molar-refractivity contribution is 5.30. The molecule has 0 heterocycles. The lowest BCUT2D eigenvalue weighted by atomic mass is 9.97. The Labute approximate surface area is 80.3 Å². The van der Waals surface area contributed by atoms with E-state index < -0.39 is 0 Å². The van der Waals surface area contributed by atoms with Crippen LogP contribution in [0.2, 0.25) is 0 Å². The first-order chi connectivity index (χ1) is 6.29. The van der Waals surface area contributed by atoms with Gasteiger partial charge in [0, 0.05) is 6.04 Å². The summed E-state index contributed by atoms with van der Waals surface area (Å²) >= 11 is 0. The van der Waals surface area contributed by atoms with Crippen LogP contribution in [-0.2, 0) is 6.42 Å². The molecule has 0 amide bonds. The average molecular weight is 175 g/mol. The maximum atomic E-state index is 6.01. The summed E-state index contributed by atoms with van der Waals surface area (Å²) in [5.41, 5.74) is 8.61. The molecular weight excluding hydrogens is 158 g/mol. The Kier molecular flexibility index (Phi) is 3.71. The fourth-order valence-electron chi connectivity index (χ4n) is 1.52. The van der Waals surface area contributed by atoms with Crippen LogP contribution in [0, 0.1) is 0 Å². The lowest BCUT2D eigenvalue weighted by molar-refractivity contribution is 0.730. The van der Waals surface area contributed by atoms with Crippen LogP contribution in [0.4, 0.5) is 0 Å². The van der Waals surface area contributed by atoms with Crippen molar-refractivity contribution in [2.24, 2.45) is 5.73 Å². The fraction of sp³-hybridized carbons (Fsp3) is 0.333. The van der Waals surface area contributed by atoms with E-state index in [1.165, 1.54) is 11.1 Å². The monoisotopic (exact) mass is 175 g/mol. The molecule has 70 valence electrons. The summed E-state index contributed by atoms with van der Waals surface area (Å²) in [6.07, 6.45) is 3.76. The summed E-state index contributed by atoms with van der Waals surface area (Å²) in [6.45, 7) is 5.85. The molecule has 1 aromatic rings. The third-order valence-electron chi connectivity index (χ3n) is 2.26. The molecule has 0 radical (unpaired) electrons. The first-order valence-electron chi connectivity index (χ1n) is 4.73. The first-order valence-corrected chi connectivity index (χ1v) is 4.73. The van der Waals surface area contributed by atoms with Crippen molar-refractivity contribution in [3.05, 3.63) is 48.0 Å². The quantitative estimate of drug-likeness (QED) is 0.700. The normalized spacial score (nSPS) is 12.5. The van der Waals surface area contributed by atoms with Crippen molar-refractivity contribution in [2.45, 2.75) is 25.8 Å². The highest BCUT2D eigenvalue weighted by Gasteiger charge is 2.06. The van der Waals surface area contributed by atoms with E-state index in [4.69, 9.17) is 5.73 Å². The van der Waals surface area contributed by atoms with Gasteiger partial charge in [0.1, 0.15) is 0 Å². The highest BCUT2D eigenvalue weighted by Crippen LogP contribution is 2.19. The third kappa shape index (κ3) is 2.43. The van der Waals surface area contributed by atoms with Gasteiger partial charge in [0.15, 0.2) is 0 Å². The molecule has 1 atom stereocenters. The van der Waals surface area contributed by atoms with Gasteiger partial charge in [-0.05, 0) is 24.0 Å². The topological polar surface area (TPSA) is 26.0 Å². The molecule has 0 spiro atoms. The second-order valence-corrected chi connectivity index (χ2v) is 3.18. The Hall–Kier alpha value is -1.08. The van der Waals surface area contributed by atoms with Crippen LogP contribution in [0.25, 0.3) is 0 Å². The minimum absolute atomic E-state index is 0.105. The van der Waals surface area contributed by atoms with E-state index in [0.717, 1.165) is 12.8 Å². The molecule has 1 aromatic carbocycles. The molecule has 13 heavy (non-hydrogen) atoms. The van der Waals surface area contributed by atoms with Crippen LogP contribution < -0.4 is 5.73 Å². The van der Waals surface area contributed by atoms with Crippen LogP contribution in [0.3, 0.4) is 0 Å². The number of benzene rings is 1. The average Bonchev–Trinajstić information content (AvgIpc) is 2.18. The zero-order valence-corrected chi connectivity index (χ0v) is 8.16. The fourth-order valence-corrected chi connectivity index (χ4v) is 1.52. The van der Waals surface area contributed by atoms with E-state index in [1.54, 1.807) is 0 Å². The predicted molar refractivity (Wildman–Crippen MR) is 57.6 cm³/mol. The van der Waals surface area contributed by atoms with Crippen LogP contribution in [0.15, 0.2) is 36.9 Å². The second kappa shape index (κ2) is 4.83. The van der Waals surface area contributed by atoms with Crippen molar-refractivity contribution in [1.29, 1.82) is 0 Å². The number of hydrogen-bond acceptors (Lipinski definition) is 1. The van der Waals surface area contributed by atoms with Crippen molar-refractivity contribution in [3.63, 3.8) is 0 Å². The smallest absolute Gasteiger partial charge is 0.0332 e. The van der Waals surface area contributed by atoms with Gasteiger partial charge < -0.3 is 5.73 Å². The van der Waals surface area contributed by atoms with Crippen LogP contribution in [-0.4, -0.2) is 0 Å². The van der Waals surface area contributed by atoms with Gasteiger partial charge in [-0.3, -0.25) is 0 Å². The van der Waals surface area contributed by atoms with Crippen LogP contribution in [0.5, 0.6) is 0 Å². The maximum Gasteiger partial charge on any atom is 0.0332 e. The molecule has 0 fully saturated rings. The predicted octanol–water partition coefficient (Wildman–Crippen LogP) is 2.82. The van der Waals surface area contributed by atoms with Gasteiger partial charge in [-0.1, -0.05) is 37.3 Å². The van der Waals surface area contributed by atoms with Crippen molar-refractivity contribution in [2.75, 3.05) is 0 Å². The van der Waals surface area contributed by atoms with E-state index in [9.17, 15) is 0 Å². The summed E-state index contributed by atoms with van der Waals surface area (Å²) in [6, 6.07) is 8.44. The van der Waals surface area contributed by atoms with Gasteiger partial charge in [0.25, 0.3) is 0 Å². The molecule has 0 aliphatic heterocycles. The first kappa shape index (κ1) is 10.0. The summed E-state index contributed by atoms with van der Waals surface area (Å²) < 4.78 is 0. The van der Waals surface area contributed by atoms with E-state index in [1.807, 2.05) is 12.1 Å². The maximum absolute atomic E-state index is 6.01. The molecule has 0 aliphatic rings. The Morgan fingerprint density at radius 2 is 2.15 bits per heavy atom. The minimum atomic E-state index is 0.105. The third-order valence-corrected chi connectivity index (χ3v) is 2.26. The van der Waals surface area contributed by atoms with Gasteiger partial charge in [-0.25, -0.2) is 0 Å². The zero-order chi connectivity index (χ0) is 9.68. The van der Waals surface area contributed by atoms with E-state index in [0.29, 0.717) is 0 Å². The van der Waals surface area contributed by atoms with Crippen molar-refractivity contribution in [1.82, 2.24) is 0 Å². The standard InChI is InChI=1S/C12H17N/c1-3-7-12(13)11-9-6-5-8-10(11)4-2/h3,5-6,8-9,12H,1,4,7,13H2,2H3/t12-/m0/s1. The highest BCUT2D eigenvalue weighted by atomic mass is 14.6. The van der Waals surface area contributed by atoms with Crippen LogP contribution >= 0.6 is 0 Å². The van der Waals surface area contributed by atoms with Gasteiger partial charge in [0.05, 0.1) is 0 Å². The van der Waals surface area contributed by atoms with E-state index in [2.05, 4.69) is 31.7 Å². The summed E-state index contributed by atoms with van der Waals surface area (Å²) in [5.74, 6) is 0.